The van der Waals surface area contributed by atoms with Crippen molar-refractivity contribution in [3.8, 4) is 5.75 Å². The van der Waals surface area contributed by atoms with Gasteiger partial charge in [-0.25, -0.2) is 0 Å². The van der Waals surface area contributed by atoms with Gasteiger partial charge < -0.3 is 9.16 Å². The first-order chi connectivity index (χ1) is 9.04. The van der Waals surface area contributed by atoms with Crippen molar-refractivity contribution in [2.75, 3.05) is 13.2 Å². The number of halogens is 3. The number of hydrogen-bond acceptors (Lipinski definition) is 2. The summed E-state index contributed by atoms with van der Waals surface area (Å²) in [5, 5.41) is 0.835. The lowest BCUT2D eigenvalue weighted by molar-refractivity contribution is 0.203. The van der Waals surface area contributed by atoms with Crippen LogP contribution < -0.4 is 4.74 Å². The fraction of sp³-hybridized carbons (Fsp3) is 0.571. The van der Waals surface area contributed by atoms with Crippen LogP contribution in [0.4, 0.5) is 0 Å². The fourth-order valence-corrected chi connectivity index (χ4v) is 3.44. The molecule has 0 unspecified atom stereocenters. The van der Waals surface area contributed by atoms with Crippen LogP contribution in [0.15, 0.2) is 16.6 Å². The van der Waals surface area contributed by atoms with E-state index in [-0.39, 0.29) is 5.04 Å². The summed E-state index contributed by atoms with van der Waals surface area (Å²) in [6.07, 6.45) is 0. The third-order valence-electron chi connectivity index (χ3n) is 3.58. The first kappa shape index (κ1) is 18.7. The molecular weight excluding hydrogens is 470 g/mol. The van der Waals surface area contributed by atoms with E-state index in [1.807, 2.05) is 12.1 Å². The van der Waals surface area contributed by atoms with Crippen LogP contribution in [0.2, 0.25) is 23.2 Å². The Bertz CT molecular complexity index is 475. The summed E-state index contributed by atoms with van der Waals surface area (Å²) in [6.45, 7) is 12.3. The molecule has 6 heteroatoms. The van der Waals surface area contributed by atoms with E-state index in [1.54, 1.807) is 0 Å². The highest BCUT2D eigenvalue weighted by molar-refractivity contribution is 14.1. The normalized spacial score (nSPS) is 12.6. The molecule has 1 aromatic rings. The minimum Gasteiger partial charge on any atom is -0.490 e. The molecule has 0 saturated heterocycles. The standard InChI is InChI=1S/C14H21BrClIO2Si/c1-14(2,3)20(4,5)19-7-6-18-13-9-12(17)10(15)8-11(13)16/h8-9H,6-7H2,1-5H3. The molecule has 0 aliphatic heterocycles. The van der Waals surface area contributed by atoms with Gasteiger partial charge >= 0.3 is 0 Å². The molecule has 0 aliphatic carbocycles. The summed E-state index contributed by atoms with van der Waals surface area (Å²) in [6, 6.07) is 3.78. The molecule has 0 amide bonds. The minimum atomic E-state index is -1.70. The second-order valence-electron chi connectivity index (χ2n) is 6.15. The first-order valence-electron chi connectivity index (χ1n) is 6.46. The van der Waals surface area contributed by atoms with Crippen molar-refractivity contribution in [2.24, 2.45) is 0 Å². The van der Waals surface area contributed by atoms with Crippen molar-refractivity contribution < 1.29 is 9.16 Å². The van der Waals surface area contributed by atoms with E-state index in [0.29, 0.717) is 24.0 Å². The van der Waals surface area contributed by atoms with E-state index in [0.717, 1.165) is 8.04 Å². The maximum atomic E-state index is 6.15. The van der Waals surface area contributed by atoms with Gasteiger partial charge in [0.2, 0.25) is 0 Å². The molecule has 0 atom stereocenters. The van der Waals surface area contributed by atoms with E-state index in [4.69, 9.17) is 20.8 Å². The summed E-state index contributed by atoms with van der Waals surface area (Å²) in [5.41, 5.74) is 0. The highest BCUT2D eigenvalue weighted by atomic mass is 127. The number of hydrogen-bond donors (Lipinski definition) is 0. The van der Waals surface area contributed by atoms with Gasteiger partial charge in [0.15, 0.2) is 8.32 Å². The quantitative estimate of drug-likeness (QED) is 0.214. The zero-order chi connectivity index (χ0) is 15.6. The van der Waals surface area contributed by atoms with Crippen LogP contribution >= 0.6 is 50.1 Å². The van der Waals surface area contributed by atoms with Gasteiger partial charge in [0.1, 0.15) is 12.4 Å². The van der Waals surface area contributed by atoms with Crippen molar-refractivity contribution in [1.29, 1.82) is 0 Å². The molecule has 0 N–H and O–H groups in total. The zero-order valence-corrected chi connectivity index (χ0v) is 18.0. The third kappa shape index (κ3) is 5.16. The van der Waals surface area contributed by atoms with Gasteiger partial charge in [0.05, 0.1) is 11.6 Å². The third-order valence-corrected chi connectivity index (χ3v) is 10.7. The molecule has 0 spiro atoms. The maximum absolute atomic E-state index is 6.15. The van der Waals surface area contributed by atoms with Crippen LogP contribution in [0, 0.1) is 3.57 Å². The lowest BCUT2D eigenvalue weighted by atomic mass is 10.2. The second-order valence-corrected chi connectivity index (χ2v) is 13.4. The molecule has 0 aliphatic rings. The predicted octanol–water partition coefficient (Wildman–Crippen LogP) is 6.11. The van der Waals surface area contributed by atoms with Crippen LogP contribution in [0.1, 0.15) is 20.8 Å². The average molecular weight is 492 g/mol. The molecule has 0 aromatic heterocycles. The summed E-state index contributed by atoms with van der Waals surface area (Å²) in [7, 11) is -1.70. The second kappa shape index (κ2) is 7.31. The number of rotatable bonds is 5. The lowest BCUT2D eigenvalue weighted by Crippen LogP contribution is -2.41. The molecule has 0 saturated carbocycles. The Kier molecular flexibility index (Phi) is 6.85. The first-order valence-corrected chi connectivity index (χ1v) is 11.6. The van der Waals surface area contributed by atoms with Gasteiger partial charge in [-0.15, -0.1) is 0 Å². The number of ether oxygens (including phenoxy) is 1. The summed E-state index contributed by atoms with van der Waals surface area (Å²) >= 11 is 11.8. The van der Waals surface area contributed by atoms with Crippen molar-refractivity contribution in [3.63, 3.8) is 0 Å². The van der Waals surface area contributed by atoms with Crippen LogP contribution in [0.5, 0.6) is 5.75 Å². The summed E-state index contributed by atoms with van der Waals surface area (Å²) in [5.74, 6) is 0.707. The Morgan fingerprint density at radius 3 is 2.40 bits per heavy atom. The van der Waals surface area contributed by atoms with Gasteiger partial charge in [0.25, 0.3) is 0 Å². The Balaban J connectivity index is 2.52. The molecule has 0 bridgehead atoms. The van der Waals surface area contributed by atoms with Crippen molar-refractivity contribution >= 4 is 58.4 Å². The Labute approximate surface area is 150 Å². The Morgan fingerprint density at radius 1 is 1.25 bits per heavy atom. The van der Waals surface area contributed by atoms with Gasteiger partial charge in [-0.3, -0.25) is 0 Å². The van der Waals surface area contributed by atoms with E-state index in [2.05, 4.69) is 72.4 Å². The average Bonchev–Trinajstić information content (AvgIpc) is 2.29. The molecule has 0 radical (unpaired) electrons. The minimum absolute atomic E-state index is 0.220. The summed E-state index contributed by atoms with van der Waals surface area (Å²) < 4.78 is 13.8. The number of benzene rings is 1. The summed E-state index contributed by atoms with van der Waals surface area (Å²) in [4.78, 5) is 0. The molecule has 0 heterocycles. The van der Waals surface area contributed by atoms with Gasteiger partial charge in [-0.1, -0.05) is 32.4 Å². The SMILES string of the molecule is CC(C)(C)[Si](C)(C)OCCOc1cc(I)c(Br)cc1Cl. The smallest absolute Gasteiger partial charge is 0.192 e. The largest absolute Gasteiger partial charge is 0.490 e. The lowest BCUT2D eigenvalue weighted by Gasteiger charge is -2.36. The molecule has 1 aromatic carbocycles. The van der Waals surface area contributed by atoms with Crippen molar-refractivity contribution in [2.45, 2.75) is 38.9 Å². The topological polar surface area (TPSA) is 18.5 Å². The molecule has 1 rings (SSSR count). The highest BCUT2D eigenvalue weighted by Crippen LogP contribution is 2.36. The Morgan fingerprint density at radius 2 is 1.85 bits per heavy atom. The maximum Gasteiger partial charge on any atom is 0.192 e. The van der Waals surface area contributed by atoms with Crippen molar-refractivity contribution in [3.05, 3.63) is 25.2 Å². The van der Waals surface area contributed by atoms with Gasteiger partial charge in [0, 0.05) is 8.04 Å². The molecule has 0 fully saturated rings. The van der Waals surface area contributed by atoms with Crippen LogP contribution in [0.25, 0.3) is 0 Å². The predicted molar refractivity (Wildman–Crippen MR) is 101 cm³/mol. The van der Waals surface area contributed by atoms with E-state index in [1.165, 1.54) is 0 Å². The molecule has 114 valence electrons. The van der Waals surface area contributed by atoms with Crippen LogP contribution in [0.3, 0.4) is 0 Å². The Hall–Kier alpha value is 0.697. The monoisotopic (exact) mass is 490 g/mol. The van der Waals surface area contributed by atoms with Gasteiger partial charge in [-0.05, 0) is 68.8 Å². The molecular formula is C14H21BrClIO2Si. The van der Waals surface area contributed by atoms with Crippen LogP contribution in [-0.4, -0.2) is 21.5 Å². The van der Waals surface area contributed by atoms with E-state index in [9.17, 15) is 0 Å². The van der Waals surface area contributed by atoms with E-state index >= 15 is 0 Å². The molecule has 2 nitrogen and oxygen atoms in total. The zero-order valence-electron chi connectivity index (χ0n) is 12.5. The highest BCUT2D eigenvalue weighted by Gasteiger charge is 2.36. The van der Waals surface area contributed by atoms with Crippen LogP contribution in [-0.2, 0) is 4.43 Å². The molecule has 20 heavy (non-hydrogen) atoms. The fourth-order valence-electron chi connectivity index (χ4n) is 1.28. The van der Waals surface area contributed by atoms with E-state index < -0.39 is 8.32 Å². The van der Waals surface area contributed by atoms with Crippen molar-refractivity contribution in [1.82, 2.24) is 0 Å². The van der Waals surface area contributed by atoms with Gasteiger partial charge in [-0.2, -0.15) is 0 Å².